The molecule has 0 aliphatic carbocycles. The zero-order valence-electron chi connectivity index (χ0n) is 15.0. The summed E-state index contributed by atoms with van der Waals surface area (Å²) in [5.41, 5.74) is 0.878. The Balaban J connectivity index is 1.54. The van der Waals surface area contributed by atoms with Gasteiger partial charge in [0.25, 0.3) is 0 Å². The standard InChI is InChI=1S/C19H27N5O/c1-14-21-17-16(8-9-20-17)18(22-14)24-12-6-7-15(13-24)19(25)23-10-4-2-3-5-11-23/h8-9,15H,2-7,10-13H2,1H3,(H,20,21,22). The lowest BCUT2D eigenvalue weighted by molar-refractivity contribution is -0.135. The van der Waals surface area contributed by atoms with Gasteiger partial charge in [-0.05, 0) is 38.7 Å². The molecule has 25 heavy (non-hydrogen) atoms. The number of H-pyrrole nitrogens is 1. The molecule has 1 amide bonds. The summed E-state index contributed by atoms with van der Waals surface area (Å²) in [6, 6.07) is 2.03. The van der Waals surface area contributed by atoms with Crippen molar-refractivity contribution >= 4 is 22.8 Å². The van der Waals surface area contributed by atoms with E-state index >= 15 is 0 Å². The summed E-state index contributed by atoms with van der Waals surface area (Å²) in [4.78, 5) is 29.7. The molecule has 1 atom stereocenters. The smallest absolute Gasteiger partial charge is 0.227 e. The maximum Gasteiger partial charge on any atom is 0.227 e. The van der Waals surface area contributed by atoms with Gasteiger partial charge in [-0.1, -0.05) is 12.8 Å². The van der Waals surface area contributed by atoms with Crippen molar-refractivity contribution in [2.75, 3.05) is 31.1 Å². The number of piperidine rings is 1. The number of aryl methyl sites for hydroxylation is 1. The summed E-state index contributed by atoms with van der Waals surface area (Å²) in [5, 5.41) is 1.05. The number of hydrogen-bond donors (Lipinski definition) is 1. The van der Waals surface area contributed by atoms with E-state index in [1.54, 1.807) is 0 Å². The van der Waals surface area contributed by atoms with E-state index in [4.69, 9.17) is 0 Å². The molecule has 2 aliphatic rings. The Morgan fingerprint density at radius 2 is 1.92 bits per heavy atom. The average molecular weight is 341 g/mol. The van der Waals surface area contributed by atoms with Gasteiger partial charge in [0.2, 0.25) is 5.91 Å². The molecule has 2 aromatic heterocycles. The first kappa shape index (κ1) is 16.4. The lowest BCUT2D eigenvalue weighted by atomic mass is 9.96. The molecule has 2 fully saturated rings. The summed E-state index contributed by atoms with van der Waals surface area (Å²) in [6.07, 6.45) is 8.75. The topological polar surface area (TPSA) is 65.1 Å². The van der Waals surface area contributed by atoms with Crippen LogP contribution in [0.3, 0.4) is 0 Å². The number of carbonyl (C=O) groups is 1. The van der Waals surface area contributed by atoms with Crippen molar-refractivity contribution in [3.05, 3.63) is 18.1 Å². The molecule has 0 aromatic carbocycles. The predicted molar refractivity (Wildman–Crippen MR) is 98.6 cm³/mol. The van der Waals surface area contributed by atoms with Crippen molar-refractivity contribution < 1.29 is 4.79 Å². The van der Waals surface area contributed by atoms with Gasteiger partial charge < -0.3 is 14.8 Å². The van der Waals surface area contributed by atoms with Gasteiger partial charge in [-0.2, -0.15) is 0 Å². The van der Waals surface area contributed by atoms with Crippen LogP contribution in [-0.4, -0.2) is 51.9 Å². The van der Waals surface area contributed by atoms with Gasteiger partial charge in [-0.15, -0.1) is 0 Å². The monoisotopic (exact) mass is 341 g/mol. The fourth-order valence-electron chi connectivity index (χ4n) is 4.20. The second-order valence-corrected chi connectivity index (χ2v) is 7.36. The van der Waals surface area contributed by atoms with Crippen molar-refractivity contribution in [1.82, 2.24) is 19.9 Å². The van der Waals surface area contributed by atoms with Gasteiger partial charge in [0, 0.05) is 32.4 Å². The number of aromatic amines is 1. The first-order chi connectivity index (χ1) is 12.2. The Morgan fingerprint density at radius 3 is 2.72 bits per heavy atom. The molecule has 0 radical (unpaired) electrons. The molecule has 0 spiro atoms. The van der Waals surface area contributed by atoms with Crippen molar-refractivity contribution in [3.63, 3.8) is 0 Å². The van der Waals surface area contributed by atoms with Crippen molar-refractivity contribution in [3.8, 4) is 0 Å². The lowest BCUT2D eigenvalue weighted by Gasteiger charge is -2.35. The van der Waals surface area contributed by atoms with Crippen molar-refractivity contribution in [1.29, 1.82) is 0 Å². The third kappa shape index (κ3) is 3.34. The SMILES string of the molecule is Cc1nc(N2CCCC(C(=O)N3CCCCCC3)C2)c2cc[nH]c2n1. The van der Waals surface area contributed by atoms with Crippen LogP contribution in [-0.2, 0) is 4.79 Å². The molecule has 1 unspecified atom stereocenters. The molecule has 6 nitrogen and oxygen atoms in total. The van der Waals surface area contributed by atoms with Crippen molar-refractivity contribution in [2.24, 2.45) is 5.92 Å². The first-order valence-corrected chi connectivity index (χ1v) is 9.58. The normalized spacial score (nSPS) is 22.2. The molecule has 2 saturated heterocycles. The van der Waals surface area contributed by atoms with Gasteiger partial charge in [0.05, 0.1) is 11.3 Å². The van der Waals surface area contributed by atoms with Gasteiger partial charge in [-0.3, -0.25) is 4.79 Å². The molecule has 2 aliphatic heterocycles. The predicted octanol–water partition coefficient (Wildman–Crippen LogP) is 2.89. The second kappa shape index (κ2) is 7.02. The number of amides is 1. The van der Waals surface area contributed by atoms with E-state index < -0.39 is 0 Å². The highest BCUT2D eigenvalue weighted by molar-refractivity contribution is 5.88. The minimum Gasteiger partial charge on any atom is -0.355 e. The molecule has 0 saturated carbocycles. The van der Waals surface area contributed by atoms with E-state index in [0.29, 0.717) is 5.91 Å². The van der Waals surface area contributed by atoms with Crippen LogP contribution in [0.2, 0.25) is 0 Å². The average Bonchev–Trinajstić information content (AvgIpc) is 2.93. The third-order valence-electron chi connectivity index (χ3n) is 5.50. The van der Waals surface area contributed by atoms with Crippen LogP contribution in [0.1, 0.15) is 44.3 Å². The first-order valence-electron chi connectivity index (χ1n) is 9.58. The summed E-state index contributed by atoms with van der Waals surface area (Å²) in [6.45, 7) is 5.52. The number of fused-ring (bicyclic) bond motifs is 1. The lowest BCUT2D eigenvalue weighted by Crippen LogP contribution is -2.45. The molecule has 4 heterocycles. The third-order valence-corrected chi connectivity index (χ3v) is 5.50. The van der Waals surface area contributed by atoms with Crippen LogP contribution in [0, 0.1) is 12.8 Å². The summed E-state index contributed by atoms with van der Waals surface area (Å²) in [5.74, 6) is 2.18. The van der Waals surface area contributed by atoms with Gasteiger partial charge >= 0.3 is 0 Å². The number of carbonyl (C=O) groups excluding carboxylic acids is 1. The molecule has 2 aromatic rings. The molecule has 0 bridgehead atoms. The van der Waals surface area contributed by atoms with Crippen LogP contribution >= 0.6 is 0 Å². The van der Waals surface area contributed by atoms with Gasteiger partial charge in [0.1, 0.15) is 17.3 Å². The molecule has 1 N–H and O–H groups in total. The minimum absolute atomic E-state index is 0.0936. The number of nitrogens with one attached hydrogen (secondary N) is 1. The summed E-state index contributed by atoms with van der Waals surface area (Å²) >= 11 is 0. The number of hydrogen-bond acceptors (Lipinski definition) is 4. The zero-order chi connectivity index (χ0) is 17.2. The largest absolute Gasteiger partial charge is 0.355 e. The van der Waals surface area contributed by atoms with Crippen LogP contribution in [0.5, 0.6) is 0 Å². The van der Waals surface area contributed by atoms with Crippen LogP contribution in [0.25, 0.3) is 11.0 Å². The van der Waals surface area contributed by atoms with E-state index in [2.05, 4.69) is 24.8 Å². The van der Waals surface area contributed by atoms with E-state index in [1.165, 1.54) is 12.8 Å². The number of likely N-dealkylation sites (tertiary alicyclic amines) is 1. The van der Waals surface area contributed by atoms with E-state index in [0.717, 1.165) is 74.5 Å². The molecular formula is C19H27N5O. The van der Waals surface area contributed by atoms with Crippen molar-refractivity contribution in [2.45, 2.75) is 45.4 Å². The number of aromatic nitrogens is 3. The Kier molecular flexibility index (Phi) is 4.59. The Labute approximate surface area is 148 Å². The minimum atomic E-state index is 0.0936. The van der Waals surface area contributed by atoms with Crippen LogP contribution < -0.4 is 4.90 Å². The Bertz CT molecular complexity index is 747. The number of nitrogens with zero attached hydrogens (tertiary/aromatic N) is 4. The van der Waals surface area contributed by atoms with Crippen LogP contribution in [0.15, 0.2) is 12.3 Å². The maximum absolute atomic E-state index is 13.0. The van der Waals surface area contributed by atoms with Crippen LogP contribution in [0.4, 0.5) is 5.82 Å². The van der Waals surface area contributed by atoms with Gasteiger partial charge in [-0.25, -0.2) is 9.97 Å². The summed E-state index contributed by atoms with van der Waals surface area (Å²) < 4.78 is 0. The Hall–Kier alpha value is -2.11. The highest BCUT2D eigenvalue weighted by Gasteiger charge is 2.30. The molecular weight excluding hydrogens is 314 g/mol. The highest BCUT2D eigenvalue weighted by Crippen LogP contribution is 2.29. The fraction of sp³-hybridized carbons (Fsp3) is 0.632. The van der Waals surface area contributed by atoms with Gasteiger partial charge in [0.15, 0.2) is 0 Å². The molecule has 6 heteroatoms. The molecule has 4 rings (SSSR count). The summed E-state index contributed by atoms with van der Waals surface area (Å²) in [7, 11) is 0. The number of anilines is 1. The quantitative estimate of drug-likeness (QED) is 0.912. The fourth-order valence-corrected chi connectivity index (χ4v) is 4.20. The van der Waals surface area contributed by atoms with E-state index in [9.17, 15) is 4.79 Å². The van der Waals surface area contributed by atoms with E-state index in [1.807, 2.05) is 19.2 Å². The number of rotatable bonds is 2. The zero-order valence-corrected chi connectivity index (χ0v) is 15.0. The highest BCUT2D eigenvalue weighted by atomic mass is 16.2. The molecule has 134 valence electrons. The Morgan fingerprint density at radius 1 is 1.12 bits per heavy atom. The second-order valence-electron chi connectivity index (χ2n) is 7.36. The van der Waals surface area contributed by atoms with E-state index in [-0.39, 0.29) is 5.92 Å². The maximum atomic E-state index is 13.0.